The number of hydrogen-bond acceptors (Lipinski definition) is 4. The fourth-order valence-corrected chi connectivity index (χ4v) is 6.93. The molecule has 1 fully saturated rings. The standard InChI is InChI=1S/C32H37ClN2O3/c1-22(21-38-28-11-6-9-26(20-28)34-2)17-24-18-23-7-3-4-12-29(23)31(24)13-15-32(16-14-31,30(36)37)35-27-10-5-8-25(33)19-27/h3-12,19-20,22,24,34-35H,13-18,21H2,1-2H3,(H,36,37)/t22-,24?,31?,32?/m1/s1. The van der Waals surface area contributed by atoms with Crippen LogP contribution in [0.4, 0.5) is 11.4 Å². The average Bonchev–Trinajstić information content (AvgIpc) is 3.21. The molecule has 6 heteroatoms. The first kappa shape index (κ1) is 26.4. The number of ether oxygens (including phenoxy) is 1. The number of carboxylic acids is 1. The summed E-state index contributed by atoms with van der Waals surface area (Å²) in [6.07, 6.45) is 4.90. The SMILES string of the molecule is CNc1cccc(OC[C@H](C)CC2Cc3ccccc3C23CCC(Nc2cccc(Cl)c2)(C(=O)O)CC3)c1. The van der Waals surface area contributed by atoms with E-state index in [1.54, 1.807) is 12.1 Å². The van der Waals surface area contributed by atoms with Gasteiger partial charge in [-0.25, -0.2) is 4.79 Å². The predicted molar refractivity (Wildman–Crippen MR) is 154 cm³/mol. The van der Waals surface area contributed by atoms with E-state index < -0.39 is 11.5 Å². The van der Waals surface area contributed by atoms with Gasteiger partial charge in [0, 0.05) is 29.5 Å². The van der Waals surface area contributed by atoms with Gasteiger partial charge in [-0.15, -0.1) is 0 Å². The zero-order valence-electron chi connectivity index (χ0n) is 22.2. The fraction of sp³-hybridized carbons (Fsp3) is 0.406. The topological polar surface area (TPSA) is 70.6 Å². The second-order valence-electron chi connectivity index (χ2n) is 11.2. The van der Waals surface area contributed by atoms with Crippen molar-refractivity contribution in [3.8, 4) is 5.75 Å². The molecule has 1 unspecified atom stereocenters. The fourth-order valence-electron chi connectivity index (χ4n) is 6.74. The Bertz CT molecular complexity index is 1280. The average molecular weight is 533 g/mol. The normalized spacial score (nSPS) is 25.0. The van der Waals surface area contributed by atoms with Crippen LogP contribution >= 0.6 is 11.6 Å². The lowest BCUT2D eigenvalue weighted by Crippen LogP contribution is -2.53. The molecule has 2 atom stereocenters. The Hall–Kier alpha value is -3.18. The highest BCUT2D eigenvalue weighted by molar-refractivity contribution is 6.30. The Morgan fingerprint density at radius 1 is 1.03 bits per heavy atom. The number of nitrogens with one attached hydrogen (secondary N) is 2. The quantitative estimate of drug-likeness (QED) is 0.268. The smallest absolute Gasteiger partial charge is 0.329 e. The Morgan fingerprint density at radius 3 is 2.50 bits per heavy atom. The number of carbonyl (C=O) groups is 1. The van der Waals surface area contributed by atoms with E-state index in [4.69, 9.17) is 16.3 Å². The van der Waals surface area contributed by atoms with Crippen molar-refractivity contribution >= 4 is 28.9 Å². The van der Waals surface area contributed by atoms with Crippen molar-refractivity contribution < 1.29 is 14.6 Å². The molecule has 5 rings (SSSR count). The van der Waals surface area contributed by atoms with Crippen LogP contribution in [0.3, 0.4) is 0 Å². The number of carboxylic acid groups (broad SMARTS) is 1. The maximum absolute atomic E-state index is 12.6. The molecule has 0 saturated heterocycles. The summed E-state index contributed by atoms with van der Waals surface area (Å²) in [5, 5.41) is 17.5. The van der Waals surface area contributed by atoms with Crippen LogP contribution in [0.5, 0.6) is 5.75 Å². The minimum Gasteiger partial charge on any atom is -0.493 e. The van der Waals surface area contributed by atoms with E-state index >= 15 is 0 Å². The van der Waals surface area contributed by atoms with E-state index in [2.05, 4.69) is 41.8 Å². The van der Waals surface area contributed by atoms with Gasteiger partial charge in [-0.1, -0.05) is 54.9 Å². The van der Waals surface area contributed by atoms with Crippen molar-refractivity contribution in [1.29, 1.82) is 0 Å². The second-order valence-corrected chi connectivity index (χ2v) is 11.6. The molecule has 0 aliphatic heterocycles. The van der Waals surface area contributed by atoms with Crippen LogP contribution in [0.15, 0.2) is 72.8 Å². The molecule has 2 aliphatic rings. The Kier molecular flexibility index (Phi) is 7.58. The van der Waals surface area contributed by atoms with Gasteiger partial charge in [0.25, 0.3) is 0 Å². The van der Waals surface area contributed by atoms with Crippen LogP contribution in [-0.2, 0) is 16.6 Å². The summed E-state index contributed by atoms with van der Waals surface area (Å²) in [5.41, 5.74) is 3.62. The molecule has 1 spiro atoms. The maximum atomic E-state index is 12.6. The molecule has 0 amide bonds. The molecular formula is C32H37ClN2O3. The molecule has 0 aromatic heterocycles. The third kappa shape index (κ3) is 5.22. The molecule has 5 nitrogen and oxygen atoms in total. The van der Waals surface area contributed by atoms with Gasteiger partial charge in [-0.2, -0.15) is 0 Å². The summed E-state index contributed by atoms with van der Waals surface area (Å²) in [6.45, 7) is 2.93. The van der Waals surface area contributed by atoms with E-state index in [0.29, 0.717) is 36.3 Å². The minimum absolute atomic E-state index is 0.00807. The summed E-state index contributed by atoms with van der Waals surface area (Å²) in [6, 6.07) is 24.2. The zero-order valence-corrected chi connectivity index (χ0v) is 22.9. The molecule has 3 N–H and O–H groups in total. The van der Waals surface area contributed by atoms with Crippen LogP contribution < -0.4 is 15.4 Å². The van der Waals surface area contributed by atoms with Crippen molar-refractivity contribution in [2.75, 3.05) is 24.3 Å². The van der Waals surface area contributed by atoms with E-state index in [1.165, 1.54) is 11.1 Å². The van der Waals surface area contributed by atoms with Gasteiger partial charge < -0.3 is 20.5 Å². The zero-order chi connectivity index (χ0) is 26.8. The van der Waals surface area contributed by atoms with Crippen molar-refractivity contribution in [3.05, 3.63) is 88.9 Å². The summed E-state index contributed by atoms with van der Waals surface area (Å²) in [4.78, 5) is 12.6. The van der Waals surface area contributed by atoms with E-state index in [0.717, 1.165) is 42.8 Å². The van der Waals surface area contributed by atoms with Crippen molar-refractivity contribution in [2.45, 2.75) is 56.4 Å². The molecule has 2 aliphatic carbocycles. The number of anilines is 2. The first-order valence-corrected chi connectivity index (χ1v) is 14.0. The number of hydrogen-bond donors (Lipinski definition) is 3. The molecule has 0 bridgehead atoms. The molecular weight excluding hydrogens is 496 g/mol. The third-order valence-electron chi connectivity index (χ3n) is 8.76. The number of benzene rings is 3. The van der Waals surface area contributed by atoms with Crippen LogP contribution in [0.2, 0.25) is 5.02 Å². The maximum Gasteiger partial charge on any atom is 0.329 e. The predicted octanol–water partition coefficient (Wildman–Crippen LogP) is 7.41. The first-order chi connectivity index (χ1) is 18.3. The lowest BCUT2D eigenvalue weighted by Gasteiger charge is -2.47. The molecule has 38 heavy (non-hydrogen) atoms. The number of aliphatic carboxylic acids is 1. The Labute approximate surface area is 230 Å². The first-order valence-electron chi connectivity index (χ1n) is 13.6. The highest BCUT2D eigenvalue weighted by Gasteiger charge is 2.53. The number of rotatable bonds is 9. The van der Waals surface area contributed by atoms with Gasteiger partial charge in [0.15, 0.2) is 0 Å². The highest BCUT2D eigenvalue weighted by Crippen LogP contribution is 2.56. The molecule has 0 radical (unpaired) electrons. The summed E-state index contributed by atoms with van der Waals surface area (Å²) < 4.78 is 6.18. The number of halogens is 1. The van der Waals surface area contributed by atoms with Gasteiger partial charge in [0.05, 0.1) is 6.61 Å². The number of fused-ring (bicyclic) bond motifs is 2. The monoisotopic (exact) mass is 532 g/mol. The van der Waals surface area contributed by atoms with Gasteiger partial charge in [0.1, 0.15) is 11.3 Å². The summed E-state index contributed by atoms with van der Waals surface area (Å²) in [7, 11) is 1.91. The van der Waals surface area contributed by atoms with Gasteiger partial charge in [0.2, 0.25) is 0 Å². The van der Waals surface area contributed by atoms with Crippen LogP contribution in [0, 0.1) is 11.8 Å². The van der Waals surface area contributed by atoms with Gasteiger partial charge in [-0.3, -0.25) is 0 Å². The highest BCUT2D eigenvalue weighted by atomic mass is 35.5. The largest absolute Gasteiger partial charge is 0.493 e. The summed E-state index contributed by atoms with van der Waals surface area (Å²) in [5.74, 6) is 0.921. The molecule has 200 valence electrons. The van der Waals surface area contributed by atoms with Crippen molar-refractivity contribution in [2.24, 2.45) is 11.8 Å². The van der Waals surface area contributed by atoms with Gasteiger partial charge >= 0.3 is 5.97 Å². The minimum atomic E-state index is -0.995. The third-order valence-corrected chi connectivity index (χ3v) is 8.99. The van der Waals surface area contributed by atoms with Crippen LogP contribution in [-0.4, -0.2) is 30.3 Å². The lowest BCUT2D eigenvalue weighted by atomic mass is 9.59. The summed E-state index contributed by atoms with van der Waals surface area (Å²) >= 11 is 6.19. The van der Waals surface area contributed by atoms with Crippen LogP contribution in [0.25, 0.3) is 0 Å². The molecule has 3 aromatic rings. The molecule has 1 saturated carbocycles. The Morgan fingerprint density at radius 2 is 1.76 bits per heavy atom. The molecule has 3 aromatic carbocycles. The van der Waals surface area contributed by atoms with Crippen LogP contribution in [0.1, 0.15) is 50.2 Å². The van der Waals surface area contributed by atoms with E-state index in [1.807, 2.05) is 43.4 Å². The van der Waals surface area contributed by atoms with E-state index in [-0.39, 0.29) is 5.41 Å². The lowest BCUT2D eigenvalue weighted by molar-refractivity contribution is -0.144. The Balaban J connectivity index is 1.33. The van der Waals surface area contributed by atoms with Crippen molar-refractivity contribution in [1.82, 2.24) is 0 Å². The van der Waals surface area contributed by atoms with Crippen molar-refractivity contribution in [3.63, 3.8) is 0 Å². The van der Waals surface area contributed by atoms with Gasteiger partial charge in [-0.05, 0) is 97.2 Å². The molecule has 0 heterocycles. The second kappa shape index (κ2) is 10.9. The van der Waals surface area contributed by atoms with E-state index in [9.17, 15) is 9.90 Å².